The summed E-state index contributed by atoms with van der Waals surface area (Å²) in [5, 5.41) is 4.12. The number of aromatic nitrogens is 1. The van der Waals surface area contributed by atoms with Crippen LogP contribution in [0.2, 0.25) is 5.02 Å². The van der Waals surface area contributed by atoms with Gasteiger partial charge in [-0.15, -0.1) is 0 Å². The molecule has 0 atom stereocenters. The zero-order valence-electron chi connectivity index (χ0n) is 15.3. The van der Waals surface area contributed by atoms with E-state index in [0.29, 0.717) is 21.8 Å². The Morgan fingerprint density at radius 3 is 2.38 bits per heavy atom. The maximum Gasteiger partial charge on any atom is 0.363 e. The number of nitrogens with zero attached hydrogens (tertiary/aromatic N) is 1. The average Bonchev–Trinajstić information content (AvgIpc) is 3.07. The molecule has 0 fully saturated rings. The molecule has 29 heavy (non-hydrogen) atoms. The zero-order chi connectivity index (χ0) is 20.2. The molecule has 0 saturated carbocycles. The monoisotopic (exact) mass is 404 g/mol. The third kappa shape index (κ3) is 4.15. The van der Waals surface area contributed by atoms with E-state index in [0.717, 1.165) is 10.9 Å². The van der Waals surface area contributed by atoms with Crippen LogP contribution in [0.25, 0.3) is 10.9 Å². The van der Waals surface area contributed by atoms with Crippen LogP contribution < -0.4 is 10.2 Å². The van der Waals surface area contributed by atoms with Gasteiger partial charge in [-0.3, -0.25) is 4.79 Å². The first-order valence-electron chi connectivity index (χ1n) is 9.03. The summed E-state index contributed by atoms with van der Waals surface area (Å²) in [5.41, 5.74) is 2.45. The number of amides is 1. The number of halogens is 1. The first-order valence-corrected chi connectivity index (χ1v) is 9.40. The minimum atomic E-state index is -0.474. The van der Waals surface area contributed by atoms with Crippen molar-refractivity contribution < 1.29 is 14.4 Å². The summed E-state index contributed by atoms with van der Waals surface area (Å²) in [7, 11) is 0. The summed E-state index contributed by atoms with van der Waals surface area (Å²) < 4.78 is 1.41. The molecule has 4 rings (SSSR count). The van der Waals surface area contributed by atoms with Gasteiger partial charge in [0.05, 0.1) is 28.2 Å². The summed E-state index contributed by atoms with van der Waals surface area (Å²) in [4.78, 5) is 30.5. The molecule has 1 aromatic heterocycles. The number of hydrogen-bond acceptors (Lipinski definition) is 3. The van der Waals surface area contributed by atoms with Gasteiger partial charge in [-0.25, -0.2) is 4.79 Å². The van der Waals surface area contributed by atoms with E-state index in [9.17, 15) is 9.59 Å². The summed E-state index contributed by atoms with van der Waals surface area (Å²) in [5.74, 6) is -0.686. The predicted molar refractivity (Wildman–Crippen MR) is 113 cm³/mol. The van der Waals surface area contributed by atoms with Crippen LogP contribution in [0.4, 0.5) is 5.69 Å². The van der Waals surface area contributed by atoms with Crippen LogP contribution >= 0.6 is 11.6 Å². The lowest BCUT2D eigenvalue weighted by atomic mass is 10.1. The first kappa shape index (κ1) is 18.8. The molecule has 1 N–H and O–H groups in total. The van der Waals surface area contributed by atoms with Gasteiger partial charge < -0.3 is 10.2 Å². The Morgan fingerprint density at radius 1 is 0.897 bits per heavy atom. The Hall–Kier alpha value is -3.57. The lowest BCUT2D eigenvalue weighted by Crippen LogP contribution is -2.19. The summed E-state index contributed by atoms with van der Waals surface area (Å²) >= 11 is 6.11. The quantitative estimate of drug-likeness (QED) is 0.522. The van der Waals surface area contributed by atoms with Crippen molar-refractivity contribution in [3.8, 4) is 0 Å². The van der Waals surface area contributed by atoms with E-state index >= 15 is 0 Å². The van der Waals surface area contributed by atoms with E-state index in [2.05, 4.69) is 5.32 Å². The molecule has 0 aliphatic rings. The molecular weight excluding hydrogens is 388 g/mol. The Labute approximate surface area is 172 Å². The number of nitrogens with one attached hydrogen (secondary N) is 1. The number of rotatable bonds is 5. The highest BCUT2D eigenvalue weighted by atomic mass is 35.5. The van der Waals surface area contributed by atoms with E-state index in [-0.39, 0.29) is 12.3 Å². The highest BCUT2D eigenvalue weighted by Gasteiger charge is 2.16. The Bertz CT molecular complexity index is 1190. The van der Waals surface area contributed by atoms with E-state index in [1.807, 2.05) is 30.3 Å². The van der Waals surface area contributed by atoms with Crippen LogP contribution in [0.1, 0.15) is 15.9 Å². The minimum Gasteiger partial charge on any atom is -0.331 e. The van der Waals surface area contributed by atoms with Gasteiger partial charge in [-0.2, -0.15) is 4.73 Å². The lowest BCUT2D eigenvalue weighted by Gasteiger charge is -2.06. The molecule has 0 bridgehead atoms. The van der Waals surface area contributed by atoms with Gasteiger partial charge in [0, 0.05) is 11.6 Å². The fourth-order valence-corrected chi connectivity index (χ4v) is 3.26. The summed E-state index contributed by atoms with van der Waals surface area (Å²) in [6.07, 6.45) is 1.78. The number of anilines is 1. The Morgan fingerprint density at radius 2 is 1.59 bits per heavy atom. The van der Waals surface area contributed by atoms with Crippen LogP contribution in [0.5, 0.6) is 0 Å². The number of carbonyl (C=O) groups is 2. The van der Waals surface area contributed by atoms with Crippen molar-refractivity contribution >= 4 is 40.1 Å². The zero-order valence-corrected chi connectivity index (χ0v) is 16.1. The standard InChI is InChI=1S/C23H17ClN2O3/c24-19-11-5-6-12-20(19)25-22(27)14-17-15-26(21-13-7-4-10-18(17)21)29-23(28)16-8-2-1-3-9-16/h1-13,15H,14H2,(H,25,27). The van der Waals surface area contributed by atoms with E-state index in [1.165, 1.54) is 4.73 Å². The van der Waals surface area contributed by atoms with E-state index in [1.54, 1.807) is 54.7 Å². The number of para-hydroxylation sites is 2. The molecule has 1 heterocycles. The maximum atomic E-state index is 12.5. The Balaban J connectivity index is 1.58. The van der Waals surface area contributed by atoms with Crippen LogP contribution in [-0.4, -0.2) is 16.6 Å². The predicted octanol–water partition coefficient (Wildman–Crippen LogP) is 4.74. The molecule has 1 amide bonds. The molecule has 0 aliphatic carbocycles. The SMILES string of the molecule is O=C(Cc1cn(OC(=O)c2ccccc2)c2ccccc12)Nc1ccccc1Cl. The number of carbonyl (C=O) groups excluding carboxylic acids is 2. The van der Waals surface area contributed by atoms with Gasteiger partial charge in [-0.05, 0) is 35.9 Å². The lowest BCUT2D eigenvalue weighted by molar-refractivity contribution is -0.115. The van der Waals surface area contributed by atoms with Crippen LogP contribution in [0.3, 0.4) is 0 Å². The molecule has 0 spiro atoms. The molecule has 0 unspecified atom stereocenters. The van der Waals surface area contributed by atoms with E-state index in [4.69, 9.17) is 16.4 Å². The molecule has 0 aliphatic heterocycles. The second-order valence-electron chi connectivity index (χ2n) is 6.45. The molecule has 3 aromatic carbocycles. The fourth-order valence-electron chi connectivity index (χ4n) is 3.08. The van der Waals surface area contributed by atoms with Crippen molar-refractivity contribution in [2.75, 3.05) is 5.32 Å². The molecule has 6 heteroatoms. The van der Waals surface area contributed by atoms with E-state index < -0.39 is 5.97 Å². The average molecular weight is 405 g/mol. The molecule has 4 aromatic rings. The summed E-state index contributed by atoms with van der Waals surface area (Å²) in [6, 6.07) is 23.3. The maximum absolute atomic E-state index is 12.5. The third-order valence-corrected chi connectivity index (χ3v) is 4.78. The number of hydrogen-bond donors (Lipinski definition) is 1. The van der Waals surface area contributed by atoms with Crippen molar-refractivity contribution in [3.05, 3.63) is 101 Å². The second kappa shape index (κ2) is 8.20. The van der Waals surface area contributed by atoms with Crippen molar-refractivity contribution in [2.24, 2.45) is 0 Å². The summed E-state index contributed by atoms with van der Waals surface area (Å²) in [6.45, 7) is 0. The van der Waals surface area contributed by atoms with Gasteiger partial charge in [0.15, 0.2) is 0 Å². The third-order valence-electron chi connectivity index (χ3n) is 4.45. The fraction of sp³-hybridized carbons (Fsp3) is 0.0435. The van der Waals surface area contributed by atoms with Crippen molar-refractivity contribution in [1.82, 2.24) is 4.73 Å². The van der Waals surface area contributed by atoms with Crippen LogP contribution in [0, 0.1) is 0 Å². The van der Waals surface area contributed by atoms with Crippen molar-refractivity contribution in [3.63, 3.8) is 0 Å². The molecule has 5 nitrogen and oxygen atoms in total. The highest BCUT2D eigenvalue weighted by molar-refractivity contribution is 6.33. The molecular formula is C23H17ClN2O3. The topological polar surface area (TPSA) is 60.3 Å². The van der Waals surface area contributed by atoms with Crippen molar-refractivity contribution in [2.45, 2.75) is 6.42 Å². The Kier molecular flexibility index (Phi) is 5.31. The van der Waals surface area contributed by atoms with Crippen LogP contribution in [-0.2, 0) is 11.2 Å². The largest absolute Gasteiger partial charge is 0.363 e. The van der Waals surface area contributed by atoms with Crippen molar-refractivity contribution in [1.29, 1.82) is 0 Å². The van der Waals surface area contributed by atoms with Gasteiger partial charge >= 0.3 is 5.97 Å². The van der Waals surface area contributed by atoms with Crippen LogP contribution in [0.15, 0.2) is 85.1 Å². The van der Waals surface area contributed by atoms with Gasteiger partial charge in [0.1, 0.15) is 0 Å². The van der Waals surface area contributed by atoms with Gasteiger partial charge in [0.25, 0.3) is 0 Å². The minimum absolute atomic E-state index is 0.113. The van der Waals surface area contributed by atoms with Gasteiger partial charge in [0.2, 0.25) is 5.91 Å². The molecule has 0 saturated heterocycles. The molecule has 0 radical (unpaired) electrons. The number of benzene rings is 3. The number of fused-ring (bicyclic) bond motifs is 1. The highest BCUT2D eigenvalue weighted by Crippen LogP contribution is 2.24. The second-order valence-corrected chi connectivity index (χ2v) is 6.85. The first-order chi connectivity index (χ1) is 14.1. The normalized spacial score (nSPS) is 10.7. The van der Waals surface area contributed by atoms with Gasteiger partial charge in [-0.1, -0.05) is 60.1 Å². The smallest absolute Gasteiger partial charge is 0.331 e. The molecule has 144 valence electrons.